The molecule has 6 rings (SSSR count). The van der Waals surface area contributed by atoms with Gasteiger partial charge in [0.1, 0.15) is 12.3 Å². The first-order chi connectivity index (χ1) is 22.4. The van der Waals surface area contributed by atoms with Crippen molar-refractivity contribution in [3.05, 3.63) is 72.4 Å². The van der Waals surface area contributed by atoms with E-state index in [2.05, 4.69) is 39.5 Å². The molecule has 1 aromatic heterocycles. The second-order valence-corrected chi connectivity index (χ2v) is 13.6. The Bertz CT molecular complexity index is 1920. The predicted octanol–water partition coefficient (Wildman–Crippen LogP) is 6.07. The number of benzene rings is 3. The zero-order chi connectivity index (χ0) is 33.2. The molecule has 0 amide bonds. The van der Waals surface area contributed by atoms with E-state index in [0.29, 0.717) is 27.7 Å². The van der Waals surface area contributed by atoms with E-state index in [1.165, 1.54) is 25.3 Å². The molecule has 0 unspecified atom stereocenters. The number of rotatable bonds is 8. The fraction of sp³-hybridized carbons (Fsp3) is 0.353. The van der Waals surface area contributed by atoms with Gasteiger partial charge in [0.05, 0.1) is 42.1 Å². The van der Waals surface area contributed by atoms with E-state index in [1.54, 1.807) is 18.2 Å². The lowest BCUT2D eigenvalue weighted by Crippen LogP contribution is -2.40. The number of sulfonamides is 1. The van der Waals surface area contributed by atoms with Gasteiger partial charge in [0, 0.05) is 48.2 Å². The van der Waals surface area contributed by atoms with Crippen molar-refractivity contribution in [1.29, 1.82) is 0 Å². The highest BCUT2D eigenvalue weighted by molar-refractivity contribution is 7.89. The van der Waals surface area contributed by atoms with Crippen LogP contribution in [0.15, 0.2) is 71.6 Å². The molecule has 0 saturated carbocycles. The summed E-state index contributed by atoms with van der Waals surface area (Å²) in [6, 6.07) is 19.1. The molecule has 9 nitrogen and oxygen atoms in total. The Balaban J connectivity index is 1.20. The monoisotopic (exact) mass is 667 g/mol. The van der Waals surface area contributed by atoms with Gasteiger partial charge in [-0.05, 0) is 85.2 Å². The maximum Gasteiger partial charge on any atom is 0.406 e. The van der Waals surface area contributed by atoms with E-state index in [4.69, 9.17) is 14.6 Å². The summed E-state index contributed by atoms with van der Waals surface area (Å²) in [5, 5.41) is 12.2. The molecule has 2 aliphatic rings. The molecule has 47 heavy (non-hydrogen) atoms. The van der Waals surface area contributed by atoms with E-state index in [-0.39, 0.29) is 22.9 Å². The molecule has 4 aromatic rings. The van der Waals surface area contributed by atoms with Crippen LogP contribution in [0.3, 0.4) is 0 Å². The molecule has 248 valence electrons. The Morgan fingerprint density at radius 3 is 2.45 bits per heavy atom. The lowest BCUT2D eigenvalue weighted by molar-refractivity contribution is -0.140. The molecule has 1 spiro atoms. The van der Waals surface area contributed by atoms with Crippen molar-refractivity contribution in [3.8, 4) is 17.6 Å². The van der Waals surface area contributed by atoms with Crippen LogP contribution in [0, 0.1) is 17.3 Å². The first-order valence-corrected chi connectivity index (χ1v) is 16.8. The number of alkyl halides is 3. The number of aromatic nitrogens is 1. The zero-order valence-electron chi connectivity index (χ0n) is 25.9. The highest BCUT2D eigenvalue weighted by Crippen LogP contribution is 2.40. The molecule has 3 heterocycles. The van der Waals surface area contributed by atoms with Gasteiger partial charge in [-0.3, -0.25) is 0 Å². The van der Waals surface area contributed by atoms with Crippen LogP contribution in [-0.4, -0.2) is 59.1 Å². The van der Waals surface area contributed by atoms with Crippen LogP contribution in [0.4, 0.5) is 35.9 Å². The number of hydrogen-bond acceptors (Lipinski definition) is 7. The first kappa shape index (κ1) is 32.6. The Kier molecular flexibility index (Phi) is 9.02. The van der Waals surface area contributed by atoms with Crippen LogP contribution >= 0.6 is 0 Å². The minimum atomic E-state index is -4.46. The normalized spacial score (nSPS) is 16.2. The number of primary sulfonamides is 1. The Hall–Kier alpha value is -4.38. The van der Waals surface area contributed by atoms with Gasteiger partial charge in [-0.1, -0.05) is 12.0 Å². The summed E-state index contributed by atoms with van der Waals surface area (Å²) in [5.41, 5.74) is 4.02. The maximum atomic E-state index is 13.7. The van der Waals surface area contributed by atoms with Gasteiger partial charge in [0.2, 0.25) is 10.0 Å². The average Bonchev–Trinajstić information content (AvgIpc) is 3.63. The van der Waals surface area contributed by atoms with E-state index >= 15 is 0 Å². The standard InChI is InChI=1S/C34H36F3N5O4S/c1-45-32-21-27(47(38,43)44)11-12-30(32)39-16-3-4-26-20-28-29(5-2-6-31(28)42(26)22-34(35,36)37)40-24-7-9-25(10-8-24)41-17-13-33(14-18-41)15-19-46-23-33/h2,5-12,20-21,39-40H,13-19,22-23H2,1H3,(H2,38,43,44). The third kappa shape index (κ3) is 7.45. The number of halogens is 3. The number of fused-ring (bicyclic) bond motifs is 1. The minimum Gasteiger partial charge on any atom is -0.495 e. The number of hydrogen-bond donors (Lipinski definition) is 3. The molecule has 0 atom stereocenters. The third-order valence-electron chi connectivity index (χ3n) is 8.89. The summed E-state index contributed by atoms with van der Waals surface area (Å²) >= 11 is 0. The van der Waals surface area contributed by atoms with Crippen molar-refractivity contribution < 1.29 is 31.1 Å². The zero-order valence-corrected chi connectivity index (χ0v) is 26.7. The molecule has 2 aliphatic heterocycles. The van der Waals surface area contributed by atoms with E-state index in [9.17, 15) is 21.6 Å². The molecule has 4 N–H and O–H groups in total. The van der Waals surface area contributed by atoms with Gasteiger partial charge in [0.25, 0.3) is 0 Å². The number of methoxy groups -OCH3 is 1. The summed E-state index contributed by atoms with van der Waals surface area (Å²) in [6.07, 6.45) is -1.09. The van der Waals surface area contributed by atoms with Crippen LogP contribution in [0.1, 0.15) is 25.0 Å². The molecule has 0 aliphatic carbocycles. The van der Waals surface area contributed by atoms with Crippen LogP contribution in [0.5, 0.6) is 5.75 Å². The summed E-state index contributed by atoms with van der Waals surface area (Å²) < 4.78 is 76.5. The highest BCUT2D eigenvalue weighted by atomic mass is 32.2. The molecule has 0 bridgehead atoms. The summed E-state index contributed by atoms with van der Waals surface area (Å²) in [5.74, 6) is 5.98. The average molecular weight is 668 g/mol. The van der Waals surface area contributed by atoms with Crippen LogP contribution in [0.25, 0.3) is 10.9 Å². The number of nitrogens with one attached hydrogen (secondary N) is 2. The Morgan fingerprint density at radius 1 is 1.02 bits per heavy atom. The smallest absolute Gasteiger partial charge is 0.406 e. The van der Waals surface area contributed by atoms with E-state index in [1.807, 2.05) is 18.2 Å². The second kappa shape index (κ2) is 13.0. The largest absolute Gasteiger partial charge is 0.495 e. The van der Waals surface area contributed by atoms with Crippen molar-refractivity contribution >= 4 is 43.7 Å². The lowest BCUT2D eigenvalue weighted by Gasteiger charge is -2.39. The highest BCUT2D eigenvalue weighted by Gasteiger charge is 2.38. The topological polar surface area (TPSA) is 111 Å². The van der Waals surface area contributed by atoms with Crippen molar-refractivity contribution in [2.75, 3.05) is 55.5 Å². The van der Waals surface area contributed by atoms with Gasteiger partial charge < -0.3 is 29.6 Å². The summed E-state index contributed by atoms with van der Waals surface area (Å²) in [7, 11) is -2.54. The molecule has 2 saturated heterocycles. The molecular formula is C34H36F3N5O4S. The lowest BCUT2D eigenvalue weighted by atomic mass is 9.78. The van der Waals surface area contributed by atoms with Gasteiger partial charge in [-0.15, -0.1) is 0 Å². The van der Waals surface area contributed by atoms with Crippen molar-refractivity contribution in [3.63, 3.8) is 0 Å². The second-order valence-electron chi connectivity index (χ2n) is 12.0. The fourth-order valence-corrected chi connectivity index (χ4v) is 6.84. The maximum absolute atomic E-state index is 13.7. The van der Waals surface area contributed by atoms with Crippen LogP contribution < -0.4 is 25.4 Å². The molecular weight excluding hydrogens is 631 g/mol. The number of ether oxygens (including phenoxy) is 2. The van der Waals surface area contributed by atoms with Crippen molar-refractivity contribution in [2.45, 2.75) is 36.9 Å². The summed E-state index contributed by atoms with van der Waals surface area (Å²) in [6.45, 7) is 2.55. The van der Waals surface area contributed by atoms with Gasteiger partial charge in [0.15, 0.2) is 0 Å². The molecule has 2 fully saturated rings. The predicted molar refractivity (Wildman–Crippen MR) is 177 cm³/mol. The summed E-state index contributed by atoms with van der Waals surface area (Å²) in [4.78, 5) is 2.28. The number of anilines is 4. The molecule has 0 radical (unpaired) electrons. The number of piperidine rings is 1. The SMILES string of the molecule is COc1cc(S(N)(=O)=O)ccc1NCC#Cc1cc2c(Nc3ccc(N4CCC5(CCOC5)CC4)cc3)cccc2n1CC(F)(F)F. The van der Waals surface area contributed by atoms with Crippen molar-refractivity contribution in [2.24, 2.45) is 10.6 Å². The number of nitrogens with zero attached hydrogens (tertiary/aromatic N) is 2. The Morgan fingerprint density at radius 2 is 1.79 bits per heavy atom. The Labute approximate surface area is 271 Å². The number of nitrogens with two attached hydrogens (primary N) is 1. The van der Waals surface area contributed by atoms with Gasteiger partial charge in [-0.2, -0.15) is 13.2 Å². The first-order valence-electron chi connectivity index (χ1n) is 15.3. The van der Waals surface area contributed by atoms with Gasteiger partial charge in [-0.25, -0.2) is 13.6 Å². The quantitative estimate of drug-likeness (QED) is 0.196. The van der Waals surface area contributed by atoms with Gasteiger partial charge >= 0.3 is 6.18 Å². The molecule has 13 heteroatoms. The minimum absolute atomic E-state index is 0.0574. The fourth-order valence-electron chi connectivity index (χ4n) is 6.31. The van der Waals surface area contributed by atoms with Crippen molar-refractivity contribution in [1.82, 2.24) is 4.57 Å². The van der Waals surface area contributed by atoms with E-state index in [0.717, 1.165) is 61.5 Å². The third-order valence-corrected chi connectivity index (χ3v) is 9.80. The molecule has 3 aromatic carbocycles. The van der Waals surface area contributed by atoms with E-state index < -0.39 is 22.7 Å². The van der Waals surface area contributed by atoms with Crippen LogP contribution in [-0.2, 0) is 21.3 Å². The van der Waals surface area contributed by atoms with Crippen LogP contribution in [0.2, 0.25) is 0 Å².